The van der Waals surface area contributed by atoms with Crippen molar-refractivity contribution < 1.29 is 9.53 Å². The van der Waals surface area contributed by atoms with Gasteiger partial charge in [0.05, 0.1) is 7.11 Å². The second kappa shape index (κ2) is 18.3. The van der Waals surface area contributed by atoms with Crippen LogP contribution in [-0.2, 0) is 9.53 Å². The number of esters is 1. The Bertz CT molecular complexity index is 331. The highest BCUT2D eigenvalue weighted by Gasteiger charge is 2.05. The highest BCUT2D eigenvalue weighted by molar-refractivity contribution is 5.87. The largest absolute Gasteiger partial charge is 0.466 e. The van der Waals surface area contributed by atoms with E-state index >= 15 is 0 Å². The molecule has 0 aliphatic carbocycles. The van der Waals surface area contributed by atoms with Gasteiger partial charge in [-0.1, -0.05) is 83.4 Å². The molecule has 0 spiro atoms. The molecule has 2 heteroatoms. The van der Waals surface area contributed by atoms with E-state index in [-0.39, 0.29) is 5.97 Å². The topological polar surface area (TPSA) is 26.3 Å². The van der Waals surface area contributed by atoms with Crippen molar-refractivity contribution in [2.45, 2.75) is 103 Å². The number of rotatable bonds is 17. The van der Waals surface area contributed by atoms with Crippen LogP contribution in [0.25, 0.3) is 0 Å². The standard InChI is InChI=1S/C22H40O2/c1-4-5-6-7-8-9-10-11-12-13-14-15-16-17-18-19-20-21(2)22(23)24-3/h11-12H,2,4-10,13-20H2,1,3H3/b12-11+. The van der Waals surface area contributed by atoms with Crippen LogP contribution in [0.5, 0.6) is 0 Å². The summed E-state index contributed by atoms with van der Waals surface area (Å²) < 4.78 is 4.65. The molecule has 0 aliphatic rings. The molecule has 0 N–H and O–H groups in total. The molecular formula is C22H40O2. The summed E-state index contributed by atoms with van der Waals surface area (Å²) in [6.45, 7) is 6.02. The minimum atomic E-state index is -0.261. The predicted molar refractivity (Wildman–Crippen MR) is 105 cm³/mol. The summed E-state index contributed by atoms with van der Waals surface area (Å²) in [6, 6.07) is 0. The zero-order chi connectivity index (χ0) is 17.9. The van der Waals surface area contributed by atoms with Crippen LogP contribution in [0.15, 0.2) is 24.3 Å². The molecule has 0 amide bonds. The second-order valence-electron chi connectivity index (χ2n) is 6.78. The fraction of sp³-hybridized carbons (Fsp3) is 0.773. The molecule has 0 heterocycles. The van der Waals surface area contributed by atoms with Gasteiger partial charge in [-0.2, -0.15) is 0 Å². The lowest BCUT2D eigenvalue weighted by Gasteiger charge is -2.03. The maximum Gasteiger partial charge on any atom is 0.333 e. The van der Waals surface area contributed by atoms with Gasteiger partial charge in [0, 0.05) is 5.57 Å². The van der Waals surface area contributed by atoms with Gasteiger partial charge in [0.1, 0.15) is 0 Å². The SMILES string of the molecule is C=C(CCCCCCCC/C=C/CCCCCCCC)C(=O)OC. The molecule has 0 rings (SSSR count). The van der Waals surface area contributed by atoms with Gasteiger partial charge in [0.15, 0.2) is 0 Å². The molecule has 2 nitrogen and oxygen atoms in total. The Hall–Kier alpha value is -1.05. The van der Waals surface area contributed by atoms with Crippen LogP contribution in [-0.4, -0.2) is 13.1 Å². The van der Waals surface area contributed by atoms with E-state index in [2.05, 4.69) is 30.4 Å². The number of carbonyl (C=O) groups excluding carboxylic acids is 1. The van der Waals surface area contributed by atoms with Crippen molar-refractivity contribution in [2.24, 2.45) is 0 Å². The minimum absolute atomic E-state index is 0.261. The zero-order valence-corrected chi connectivity index (χ0v) is 16.3. The summed E-state index contributed by atoms with van der Waals surface area (Å²) in [6.07, 6.45) is 23.7. The highest BCUT2D eigenvalue weighted by Crippen LogP contribution is 2.13. The Morgan fingerprint density at radius 2 is 1.25 bits per heavy atom. The first kappa shape index (κ1) is 22.9. The molecule has 0 saturated heterocycles. The van der Waals surface area contributed by atoms with Crippen molar-refractivity contribution >= 4 is 5.97 Å². The Morgan fingerprint density at radius 1 is 0.792 bits per heavy atom. The van der Waals surface area contributed by atoms with Crippen LogP contribution in [0, 0.1) is 0 Å². The van der Waals surface area contributed by atoms with E-state index in [4.69, 9.17) is 0 Å². The lowest BCUT2D eigenvalue weighted by atomic mass is 10.1. The number of allylic oxidation sites excluding steroid dienone is 2. The van der Waals surface area contributed by atoms with Gasteiger partial charge < -0.3 is 4.74 Å². The smallest absolute Gasteiger partial charge is 0.333 e. The maximum atomic E-state index is 11.2. The lowest BCUT2D eigenvalue weighted by molar-refractivity contribution is -0.136. The molecule has 0 unspecified atom stereocenters. The lowest BCUT2D eigenvalue weighted by Crippen LogP contribution is -2.03. The number of hydrogen-bond donors (Lipinski definition) is 0. The molecule has 24 heavy (non-hydrogen) atoms. The Kier molecular flexibility index (Phi) is 17.5. The van der Waals surface area contributed by atoms with Crippen LogP contribution in [0.1, 0.15) is 103 Å². The van der Waals surface area contributed by atoms with Crippen LogP contribution in [0.2, 0.25) is 0 Å². The van der Waals surface area contributed by atoms with Crippen molar-refractivity contribution in [3.63, 3.8) is 0 Å². The number of ether oxygens (including phenoxy) is 1. The Morgan fingerprint density at radius 3 is 1.75 bits per heavy atom. The van der Waals surface area contributed by atoms with Crippen molar-refractivity contribution in [1.82, 2.24) is 0 Å². The second-order valence-corrected chi connectivity index (χ2v) is 6.78. The number of carbonyl (C=O) groups is 1. The monoisotopic (exact) mass is 336 g/mol. The van der Waals surface area contributed by atoms with E-state index in [0.29, 0.717) is 5.57 Å². The number of hydrogen-bond acceptors (Lipinski definition) is 2. The van der Waals surface area contributed by atoms with Crippen molar-refractivity contribution in [3.8, 4) is 0 Å². The molecule has 0 aromatic rings. The fourth-order valence-corrected chi connectivity index (χ4v) is 2.83. The number of unbranched alkanes of at least 4 members (excludes halogenated alkanes) is 12. The molecule has 0 bridgehead atoms. The summed E-state index contributed by atoms with van der Waals surface area (Å²) in [5.41, 5.74) is 0.605. The molecule has 0 aliphatic heterocycles. The molecular weight excluding hydrogens is 296 g/mol. The summed E-state index contributed by atoms with van der Waals surface area (Å²) in [5, 5.41) is 0. The Balaban J connectivity index is 3.21. The van der Waals surface area contributed by atoms with Crippen LogP contribution in [0.3, 0.4) is 0 Å². The predicted octanol–water partition coefficient (Wildman–Crippen LogP) is 7.14. The maximum absolute atomic E-state index is 11.2. The van der Waals surface area contributed by atoms with Gasteiger partial charge in [-0.3, -0.25) is 0 Å². The molecule has 0 atom stereocenters. The van der Waals surface area contributed by atoms with Gasteiger partial charge in [-0.15, -0.1) is 0 Å². The van der Waals surface area contributed by atoms with Gasteiger partial charge in [-0.05, 0) is 38.5 Å². The van der Waals surface area contributed by atoms with Crippen LogP contribution >= 0.6 is 0 Å². The van der Waals surface area contributed by atoms with Crippen molar-refractivity contribution in [3.05, 3.63) is 24.3 Å². The summed E-state index contributed by atoms with van der Waals surface area (Å²) in [4.78, 5) is 11.2. The molecule has 0 fully saturated rings. The number of methoxy groups -OCH3 is 1. The van der Waals surface area contributed by atoms with Crippen LogP contribution in [0.4, 0.5) is 0 Å². The summed E-state index contributed by atoms with van der Waals surface area (Å²) in [7, 11) is 1.41. The van der Waals surface area contributed by atoms with E-state index in [1.807, 2.05) is 0 Å². The summed E-state index contributed by atoms with van der Waals surface area (Å²) >= 11 is 0. The first-order valence-corrected chi connectivity index (χ1v) is 10.1. The van der Waals surface area contributed by atoms with Gasteiger partial charge in [0.25, 0.3) is 0 Å². The average molecular weight is 337 g/mol. The Labute approximate surface area is 150 Å². The van der Waals surface area contributed by atoms with Gasteiger partial charge in [-0.25, -0.2) is 4.79 Å². The van der Waals surface area contributed by atoms with E-state index in [1.165, 1.54) is 90.6 Å². The van der Waals surface area contributed by atoms with E-state index in [9.17, 15) is 4.79 Å². The normalized spacial score (nSPS) is 11.1. The summed E-state index contributed by atoms with van der Waals surface area (Å²) in [5.74, 6) is -0.261. The molecule has 140 valence electrons. The first-order chi connectivity index (χ1) is 11.7. The van der Waals surface area contributed by atoms with E-state index < -0.39 is 0 Å². The molecule has 0 aromatic heterocycles. The van der Waals surface area contributed by atoms with Crippen molar-refractivity contribution in [1.29, 1.82) is 0 Å². The quantitative estimate of drug-likeness (QED) is 0.122. The van der Waals surface area contributed by atoms with Crippen molar-refractivity contribution in [2.75, 3.05) is 7.11 Å². The van der Waals surface area contributed by atoms with Gasteiger partial charge >= 0.3 is 5.97 Å². The third-order valence-corrected chi connectivity index (χ3v) is 4.46. The third-order valence-electron chi connectivity index (χ3n) is 4.46. The average Bonchev–Trinajstić information content (AvgIpc) is 2.60. The van der Waals surface area contributed by atoms with Gasteiger partial charge in [0.2, 0.25) is 0 Å². The molecule has 0 aromatic carbocycles. The minimum Gasteiger partial charge on any atom is -0.466 e. The highest BCUT2D eigenvalue weighted by atomic mass is 16.5. The molecule has 0 radical (unpaired) electrons. The van der Waals surface area contributed by atoms with Crippen LogP contribution < -0.4 is 0 Å². The zero-order valence-electron chi connectivity index (χ0n) is 16.3. The van der Waals surface area contributed by atoms with E-state index in [1.54, 1.807) is 0 Å². The first-order valence-electron chi connectivity index (χ1n) is 10.1. The fourth-order valence-electron chi connectivity index (χ4n) is 2.83. The van der Waals surface area contributed by atoms with E-state index in [0.717, 1.165) is 12.8 Å². The molecule has 0 saturated carbocycles. The third kappa shape index (κ3) is 15.8.